The summed E-state index contributed by atoms with van der Waals surface area (Å²) in [6.07, 6.45) is 45.9. The topological polar surface area (TPSA) is 0 Å². The van der Waals surface area contributed by atoms with E-state index in [1.54, 1.807) is 0 Å². The first kappa shape index (κ1) is 18.5. The summed E-state index contributed by atoms with van der Waals surface area (Å²) in [5.74, 6) is 0. The fourth-order valence-corrected chi connectivity index (χ4v) is 4.48. The molecule has 1 unspecified atom stereocenters. The van der Waals surface area contributed by atoms with Crippen molar-refractivity contribution >= 4 is 0 Å². The van der Waals surface area contributed by atoms with Crippen LogP contribution in [0.5, 0.6) is 0 Å². The molecule has 0 radical (unpaired) electrons. The van der Waals surface area contributed by atoms with Gasteiger partial charge in [0.2, 0.25) is 0 Å². The second-order valence-corrected chi connectivity index (χ2v) is 7.54. The third kappa shape index (κ3) is 3.73. The average Bonchev–Trinajstić information content (AvgIpc) is 3.13. The van der Waals surface area contributed by atoms with Crippen molar-refractivity contribution in [2.75, 3.05) is 0 Å². The highest BCUT2D eigenvalue weighted by Crippen LogP contribution is 2.52. The Hall–Kier alpha value is -2.86. The lowest BCUT2D eigenvalue weighted by molar-refractivity contribution is 0.632. The lowest BCUT2D eigenvalue weighted by atomic mass is 9.62. The minimum absolute atomic E-state index is 0.215. The van der Waals surface area contributed by atoms with Crippen molar-refractivity contribution in [2.24, 2.45) is 5.41 Å². The standard InChI is InChI=1S/C28H28/c1-2-10-18-25(19-11-3-1)28(26-20-12-6-7-13-21-26)23-15-14-22-27(28)24-16-8-4-5-9-17-24/h1-4,6-8,10-13,15-16,18-20,22-23H,5,9,14,17,21H2. The van der Waals surface area contributed by atoms with E-state index in [2.05, 4.69) is 109 Å². The smallest absolute Gasteiger partial charge is 0.0597 e. The normalized spacial score (nSPS) is 26.6. The third-order valence-electron chi connectivity index (χ3n) is 5.80. The number of rotatable bonds is 3. The zero-order chi connectivity index (χ0) is 19.1. The van der Waals surface area contributed by atoms with Crippen LogP contribution in [0.1, 0.15) is 32.1 Å². The molecular weight excluding hydrogens is 336 g/mol. The van der Waals surface area contributed by atoms with E-state index in [4.69, 9.17) is 0 Å². The zero-order valence-electron chi connectivity index (χ0n) is 16.4. The monoisotopic (exact) mass is 364 g/mol. The Labute approximate surface area is 169 Å². The van der Waals surface area contributed by atoms with E-state index in [9.17, 15) is 0 Å². The van der Waals surface area contributed by atoms with Gasteiger partial charge in [0, 0.05) is 0 Å². The van der Waals surface area contributed by atoms with Gasteiger partial charge in [-0.2, -0.15) is 0 Å². The van der Waals surface area contributed by atoms with Gasteiger partial charge in [-0.15, -0.1) is 0 Å². The lowest BCUT2D eigenvalue weighted by Gasteiger charge is -2.40. The molecule has 0 bridgehead atoms. The van der Waals surface area contributed by atoms with E-state index in [0.29, 0.717) is 0 Å². The maximum atomic E-state index is 2.46. The van der Waals surface area contributed by atoms with E-state index in [1.807, 2.05) is 0 Å². The Morgan fingerprint density at radius 3 is 2.57 bits per heavy atom. The van der Waals surface area contributed by atoms with Gasteiger partial charge in [-0.05, 0) is 54.4 Å². The Morgan fingerprint density at radius 2 is 1.57 bits per heavy atom. The van der Waals surface area contributed by atoms with Crippen molar-refractivity contribution in [2.45, 2.75) is 32.1 Å². The summed E-state index contributed by atoms with van der Waals surface area (Å²) >= 11 is 0. The molecule has 28 heavy (non-hydrogen) atoms. The van der Waals surface area contributed by atoms with Crippen LogP contribution in [0.15, 0.2) is 132 Å². The second kappa shape index (κ2) is 8.89. The molecule has 1 atom stereocenters. The van der Waals surface area contributed by atoms with Gasteiger partial charge in [0.1, 0.15) is 0 Å². The molecule has 0 N–H and O–H groups in total. The van der Waals surface area contributed by atoms with Crippen LogP contribution >= 0.6 is 0 Å². The first-order chi connectivity index (χ1) is 13.9. The molecule has 0 aromatic heterocycles. The van der Waals surface area contributed by atoms with Gasteiger partial charge in [0.25, 0.3) is 0 Å². The highest BCUT2D eigenvalue weighted by atomic mass is 14.4. The molecule has 0 aromatic carbocycles. The van der Waals surface area contributed by atoms with Gasteiger partial charge in [0.05, 0.1) is 5.41 Å². The van der Waals surface area contributed by atoms with Crippen LogP contribution in [0.2, 0.25) is 0 Å². The molecule has 0 nitrogen and oxygen atoms in total. The van der Waals surface area contributed by atoms with Crippen LogP contribution in [-0.2, 0) is 0 Å². The predicted molar refractivity (Wildman–Crippen MR) is 122 cm³/mol. The van der Waals surface area contributed by atoms with E-state index in [1.165, 1.54) is 35.1 Å². The summed E-state index contributed by atoms with van der Waals surface area (Å²) < 4.78 is 0. The third-order valence-corrected chi connectivity index (χ3v) is 5.80. The summed E-state index contributed by atoms with van der Waals surface area (Å²) in [7, 11) is 0. The molecule has 0 aliphatic heterocycles. The second-order valence-electron chi connectivity index (χ2n) is 7.54. The van der Waals surface area contributed by atoms with Crippen LogP contribution in [0.3, 0.4) is 0 Å². The SMILES string of the molecule is C1=CC=CC(C2(C3=CC=CC=CC3)C=CCC=C2C2=CC=CCCC2)=CC=C1. The molecule has 0 spiro atoms. The van der Waals surface area contributed by atoms with E-state index in [-0.39, 0.29) is 5.41 Å². The molecule has 0 fully saturated rings. The quantitative estimate of drug-likeness (QED) is 0.453. The van der Waals surface area contributed by atoms with Crippen LogP contribution in [-0.4, -0.2) is 0 Å². The van der Waals surface area contributed by atoms with Gasteiger partial charge in [-0.25, -0.2) is 0 Å². The highest BCUT2D eigenvalue weighted by molar-refractivity contribution is 5.61. The Bertz CT molecular complexity index is 929. The maximum Gasteiger partial charge on any atom is 0.0597 e. The molecule has 0 heterocycles. The summed E-state index contributed by atoms with van der Waals surface area (Å²) in [6, 6.07) is 0. The van der Waals surface area contributed by atoms with Crippen molar-refractivity contribution < 1.29 is 0 Å². The van der Waals surface area contributed by atoms with Crippen molar-refractivity contribution in [3.63, 3.8) is 0 Å². The summed E-state index contributed by atoms with van der Waals surface area (Å²) in [4.78, 5) is 0. The van der Waals surface area contributed by atoms with E-state index >= 15 is 0 Å². The molecule has 4 aliphatic carbocycles. The summed E-state index contributed by atoms with van der Waals surface area (Å²) in [5.41, 5.74) is 5.49. The van der Waals surface area contributed by atoms with Crippen molar-refractivity contribution in [1.29, 1.82) is 0 Å². The van der Waals surface area contributed by atoms with Crippen molar-refractivity contribution in [3.8, 4) is 0 Å². The van der Waals surface area contributed by atoms with Crippen LogP contribution < -0.4 is 0 Å². The summed E-state index contributed by atoms with van der Waals surface area (Å²) in [6.45, 7) is 0. The van der Waals surface area contributed by atoms with Gasteiger partial charge in [0.15, 0.2) is 0 Å². The largest absolute Gasteiger partial charge is 0.0845 e. The fraction of sp³-hybridized carbons (Fsp3) is 0.214. The summed E-state index contributed by atoms with van der Waals surface area (Å²) in [5, 5.41) is 0. The molecule has 4 rings (SSSR count). The first-order valence-electron chi connectivity index (χ1n) is 10.4. The number of allylic oxidation sites excluding steroid dienone is 22. The van der Waals surface area contributed by atoms with Gasteiger partial charge < -0.3 is 0 Å². The number of hydrogen-bond acceptors (Lipinski definition) is 0. The van der Waals surface area contributed by atoms with Gasteiger partial charge in [-0.3, -0.25) is 0 Å². The van der Waals surface area contributed by atoms with E-state index < -0.39 is 0 Å². The van der Waals surface area contributed by atoms with Crippen LogP contribution in [0, 0.1) is 5.41 Å². The fourth-order valence-electron chi connectivity index (χ4n) is 4.48. The van der Waals surface area contributed by atoms with Crippen molar-refractivity contribution in [3.05, 3.63) is 132 Å². The minimum Gasteiger partial charge on any atom is -0.0845 e. The van der Waals surface area contributed by atoms with Gasteiger partial charge >= 0.3 is 0 Å². The Balaban J connectivity index is 1.91. The molecule has 0 heteroatoms. The molecule has 0 amide bonds. The first-order valence-corrected chi connectivity index (χ1v) is 10.4. The van der Waals surface area contributed by atoms with Crippen molar-refractivity contribution in [1.82, 2.24) is 0 Å². The molecule has 0 saturated carbocycles. The van der Waals surface area contributed by atoms with Crippen LogP contribution in [0.25, 0.3) is 0 Å². The molecule has 0 saturated heterocycles. The molecule has 0 aromatic rings. The van der Waals surface area contributed by atoms with Gasteiger partial charge in [-0.1, -0.05) is 109 Å². The molecule has 140 valence electrons. The average molecular weight is 365 g/mol. The Morgan fingerprint density at radius 1 is 0.714 bits per heavy atom. The number of hydrogen-bond donors (Lipinski definition) is 0. The molecule has 4 aliphatic rings. The maximum absolute atomic E-state index is 2.46. The zero-order valence-corrected chi connectivity index (χ0v) is 16.4. The van der Waals surface area contributed by atoms with Crippen LogP contribution in [0.4, 0.5) is 0 Å². The predicted octanol–water partition coefficient (Wildman–Crippen LogP) is 7.58. The molecular formula is C28H28. The Kier molecular flexibility index (Phi) is 5.87. The lowest BCUT2D eigenvalue weighted by Crippen LogP contribution is -2.29. The minimum atomic E-state index is -0.215. The highest BCUT2D eigenvalue weighted by Gasteiger charge is 2.40. The van der Waals surface area contributed by atoms with E-state index in [0.717, 1.165) is 19.3 Å².